The van der Waals surface area contributed by atoms with Gasteiger partial charge in [-0.05, 0) is 24.6 Å². The molecule has 2 bridgehead atoms. The number of carbonyl (C=O) groups excluding carboxylic acids is 2. The van der Waals surface area contributed by atoms with E-state index in [1.165, 1.54) is 0 Å². The zero-order valence-electron chi connectivity index (χ0n) is 8.52. The van der Waals surface area contributed by atoms with Crippen molar-refractivity contribution in [2.24, 2.45) is 10.8 Å². The van der Waals surface area contributed by atoms with Crippen molar-refractivity contribution in [3.8, 4) is 0 Å². The molecule has 0 unspecified atom stereocenters. The fourth-order valence-corrected chi connectivity index (χ4v) is 4.63. The van der Waals surface area contributed by atoms with Gasteiger partial charge in [0.15, 0.2) is 0 Å². The van der Waals surface area contributed by atoms with Gasteiger partial charge in [-0.3, -0.25) is 9.59 Å². The van der Waals surface area contributed by atoms with Gasteiger partial charge in [0.1, 0.15) is 4.32 Å². The Morgan fingerprint density at radius 1 is 1.14 bits per heavy atom. The van der Waals surface area contributed by atoms with E-state index in [-0.39, 0.29) is 21.1 Å². The zero-order valence-corrected chi connectivity index (χ0v) is 10.9. The monoisotopic (exact) mass is 276 g/mol. The van der Waals surface area contributed by atoms with Crippen LogP contribution < -0.4 is 0 Å². The van der Waals surface area contributed by atoms with Crippen molar-refractivity contribution in [2.75, 3.05) is 0 Å². The molecule has 2 atom stereocenters. The molecule has 2 fully saturated rings. The SMILES string of the molecule is CC1(C)[C@@]2(C)CC[C@]1(Br)C(=O)SC2=O. The molecular formula is C10H13BrO2S. The highest BCUT2D eigenvalue weighted by molar-refractivity contribution is 9.10. The van der Waals surface area contributed by atoms with Gasteiger partial charge >= 0.3 is 0 Å². The Labute approximate surface area is 96.3 Å². The Morgan fingerprint density at radius 2 is 1.71 bits per heavy atom. The highest BCUT2D eigenvalue weighted by Crippen LogP contribution is 2.67. The average molecular weight is 277 g/mol. The van der Waals surface area contributed by atoms with Gasteiger partial charge in [0, 0.05) is 10.8 Å². The Bertz CT molecular complexity index is 309. The molecule has 1 saturated heterocycles. The maximum atomic E-state index is 11.9. The topological polar surface area (TPSA) is 34.1 Å². The summed E-state index contributed by atoms with van der Waals surface area (Å²) < 4.78 is -0.493. The summed E-state index contributed by atoms with van der Waals surface area (Å²) in [6.07, 6.45) is 1.58. The van der Waals surface area contributed by atoms with Crippen LogP contribution in [0.4, 0.5) is 0 Å². The van der Waals surface area contributed by atoms with Gasteiger partial charge in [0.25, 0.3) is 0 Å². The summed E-state index contributed by atoms with van der Waals surface area (Å²) in [5.41, 5.74) is -0.630. The number of fused-ring (bicyclic) bond motifs is 2. The van der Waals surface area contributed by atoms with Gasteiger partial charge in [-0.1, -0.05) is 36.7 Å². The Kier molecular flexibility index (Phi) is 2.02. The van der Waals surface area contributed by atoms with Crippen LogP contribution >= 0.6 is 27.7 Å². The highest BCUT2D eigenvalue weighted by atomic mass is 79.9. The molecule has 1 aliphatic heterocycles. The van der Waals surface area contributed by atoms with Gasteiger partial charge in [-0.2, -0.15) is 0 Å². The van der Waals surface area contributed by atoms with Crippen LogP contribution in [0.1, 0.15) is 33.6 Å². The Balaban J connectivity index is 2.61. The number of rotatable bonds is 0. The summed E-state index contributed by atoms with van der Waals surface area (Å²) >= 11 is 4.46. The van der Waals surface area contributed by atoms with Crippen LogP contribution in [0.25, 0.3) is 0 Å². The van der Waals surface area contributed by atoms with E-state index in [2.05, 4.69) is 15.9 Å². The van der Waals surface area contributed by atoms with E-state index in [4.69, 9.17) is 0 Å². The standard InChI is InChI=1S/C10H13BrO2S/c1-8(2)9(3)4-5-10(8,11)7(13)14-6(9)12/h4-5H2,1-3H3/t9-,10-/m0/s1. The van der Waals surface area contributed by atoms with Crippen LogP contribution in [0, 0.1) is 10.8 Å². The fourth-order valence-electron chi connectivity index (χ4n) is 2.48. The molecule has 0 aromatic carbocycles. The molecule has 14 heavy (non-hydrogen) atoms. The molecule has 0 radical (unpaired) electrons. The summed E-state index contributed by atoms with van der Waals surface area (Å²) in [5.74, 6) is 0. The third kappa shape index (κ3) is 0.896. The maximum absolute atomic E-state index is 11.9. The third-order valence-corrected chi connectivity index (χ3v) is 7.48. The van der Waals surface area contributed by atoms with Gasteiger partial charge in [0.2, 0.25) is 10.2 Å². The number of hydrogen-bond donors (Lipinski definition) is 0. The number of carbonyl (C=O) groups is 2. The molecule has 1 saturated carbocycles. The van der Waals surface area contributed by atoms with E-state index >= 15 is 0 Å². The molecule has 0 amide bonds. The second kappa shape index (κ2) is 2.64. The molecule has 0 aromatic heterocycles. The van der Waals surface area contributed by atoms with Crippen LogP contribution in [-0.2, 0) is 9.59 Å². The molecule has 78 valence electrons. The quantitative estimate of drug-likeness (QED) is 0.638. The second-order valence-corrected chi connectivity index (χ2v) is 7.23. The van der Waals surface area contributed by atoms with E-state index in [9.17, 15) is 9.59 Å². The molecule has 0 spiro atoms. The average Bonchev–Trinajstić information content (AvgIpc) is 2.21. The first-order chi connectivity index (χ1) is 6.26. The summed E-state index contributed by atoms with van der Waals surface area (Å²) in [7, 11) is 0. The lowest BCUT2D eigenvalue weighted by Gasteiger charge is -2.47. The van der Waals surface area contributed by atoms with Gasteiger partial charge < -0.3 is 0 Å². The van der Waals surface area contributed by atoms with Crippen molar-refractivity contribution in [3.05, 3.63) is 0 Å². The molecule has 2 aliphatic rings. The first-order valence-corrected chi connectivity index (χ1v) is 6.32. The van der Waals surface area contributed by atoms with Crippen LogP contribution in [-0.4, -0.2) is 14.6 Å². The van der Waals surface area contributed by atoms with E-state index in [1.807, 2.05) is 20.8 Å². The van der Waals surface area contributed by atoms with Crippen LogP contribution in [0.5, 0.6) is 0 Å². The van der Waals surface area contributed by atoms with Gasteiger partial charge in [0.05, 0.1) is 0 Å². The third-order valence-electron chi connectivity index (χ3n) is 4.30. The lowest BCUT2D eigenvalue weighted by molar-refractivity contribution is -0.128. The number of hydrogen-bond acceptors (Lipinski definition) is 3. The first-order valence-electron chi connectivity index (χ1n) is 4.71. The molecule has 0 aromatic rings. The molecule has 2 nitrogen and oxygen atoms in total. The smallest absolute Gasteiger partial charge is 0.213 e. The van der Waals surface area contributed by atoms with Gasteiger partial charge in [-0.15, -0.1) is 0 Å². The molecule has 2 rings (SSSR count). The Hall–Kier alpha value is 0.170. The lowest BCUT2D eigenvalue weighted by Crippen LogP contribution is -2.53. The summed E-state index contributed by atoms with van der Waals surface area (Å²) in [4.78, 5) is 23.7. The van der Waals surface area contributed by atoms with E-state index in [1.54, 1.807) is 0 Å². The molecule has 1 aliphatic carbocycles. The molecule has 1 heterocycles. The molecule has 4 heteroatoms. The predicted octanol–water partition coefficient (Wildman–Crippen LogP) is 2.75. The lowest BCUT2D eigenvalue weighted by atomic mass is 9.66. The van der Waals surface area contributed by atoms with Crippen molar-refractivity contribution >= 4 is 37.9 Å². The number of alkyl halides is 1. The molecule has 0 N–H and O–H groups in total. The van der Waals surface area contributed by atoms with Crippen LogP contribution in [0.2, 0.25) is 0 Å². The molecular weight excluding hydrogens is 264 g/mol. The second-order valence-electron chi connectivity index (χ2n) is 4.94. The van der Waals surface area contributed by atoms with E-state index < -0.39 is 4.32 Å². The first kappa shape index (κ1) is 10.7. The van der Waals surface area contributed by atoms with Crippen molar-refractivity contribution in [1.82, 2.24) is 0 Å². The van der Waals surface area contributed by atoms with Crippen molar-refractivity contribution in [3.63, 3.8) is 0 Å². The van der Waals surface area contributed by atoms with Crippen LogP contribution in [0.15, 0.2) is 0 Å². The maximum Gasteiger partial charge on any atom is 0.213 e. The van der Waals surface area contributed by atoms with Gasteiger partial charge in [-0.25, -0.2) is 0 Å². The number of thioether (sulfide) groups is 1. The summed E-state index contributed by atoms with van der Waals surface area (Å²) in [6, 6.07) is 0. The minimum atomic E-state index is -0.493. The Morgan fingerprint density at radius 3 is 2.29 bits per heavy atom. The van der Waals surface area contributed by atoms with E-state index in [0.717, 1.165) is 24.6 Å². The normalized spacial score (nSPS) is 45.7. The number of halogens is 1. The largest absolute Gasteiger partial charge is 0.286 e. The fraction of sp³-hybridized carbons (Fsp3) is 0.800. The van der Waals surface area contributed by atoms with Crippen molar-refractivity contribution in [1.29, 1.82) is 0 Å². The zero-order chi connectivity index (χ0) is 10.8. The summed E-state index contributed by atoms with van der Waals surface area (Å²) in [5, 5.41) is 0.0301. The minimum Gasteiger partial charge on any atom is -0.286 e. The summed E-state index contributed by atoms with van der Waals surface area (Å²) in [6.45, 7) is 6.02. The van der Waals surface area contributed by atoms with Crippen molar-refractivity contribution < 1.29 is 9.59 Å². The van der Waals surface area contributed by atoms with Crippen molar-refractivity contribution in [2.45, 2.75) is 37.9 Å². The predicted molar refractivity (Wildman–Crippen MR) is 60.4 cm³/mol. The van der Waals surface area contributed by atoms with Crippen LogP contribution in [0.3, 0.4) is 0 Å². The minimum absolute atomic E-state index is 0.0116. The van der Waals surface area contributed by atoms with E-state index in [0.29, 0.717) is 0 Å². The highest BCUT2D eigenvalue weighted by Gasteiger charge is 2.69.